The van der Waals surface area contributed by atoms with E-state index in [-0.39, 0.29) is 18.9 Å². The van der Waals surface area contributed by atoms with Crippen LogP contribution in [0.2, 0.25) is 0 Å². The Morgan fingerprint density at radius 1 is 0.514 bits per heavy atom. The SMILES string of the molecule is CCCCCCCCCCCCC/C=C/[C@@H](O)[C@H](CO[C@@H]1O[C@H](CO)[C@@H](O[C@@H]2O[C@H](CO)[C@@H](O)[C@H](O)[C@@H]2O)[C@H](O[C@@H]2O[C@@H](C)[C@@H](O)[C@@H](O)[C@@H]2O)[C@H]1O)NC(=O)CCCCCCCCCCCCCCCCC. The number of ether oxygens (including phenoxy) is 6. The second-order valence-electron chi connectivity index (χ2n) is 20.7. The van der Waals surface area contributed by atoms with Gasteiger partial charge in [0.05, 0.1) is 38.1 Å². The van der Waals surface area contributed by atoms with Crippen molar-refractivity contribution in [3.8, 4) is 0 Å². The monoisotopic (exact) mass is 1040 g/mol. The second kappa shape index (κ2) is 38.2. The molecule has 18 heteroatoms. The topological polar surface area (TPSA) is 287 Å². The summed E-state index contributed by atoms with van der Waals surface area (Å²) in [5.74, 6) is -0.290. The van der Waals surface area contributed by atoms with Gasteiger partial charge in [0.2, 0.25) is 5.91 Å². The first-order chi connectivity index (χ1) is 34.8. The number of aliphatic hydroxyl groups excluding tert-OH is 10. The van der Waals surface area contributed by atoms with Gasteiger partial charge in [-0.15, -0.1) is 0 Å². The number of allylic oxidation sites excluding steroid dienone is 1. The zero-order valence-corrected chi connectivity index (χ0v) is 44.2. The summed E-state index contributed by atoms with van der Waals surface area (Å²) in [4.78, 5) is 13.4. The lowest BCUT2D eigenvalue weighted by atomic mass is 9.96. The molecular weight excluding hydrogens is 935 g/mol. The molecule has 0 bridgehead atoms. The van der Waals surface area contributed by atoms with E-state index in [1.54, 1.807) is 6.08 Å². The molecule has 424 valence electrons. The van der Waals surface area contributed by atoms with Gasteiger partial charge in [0, 0.05) is 6.42 Å². The largest absolute Gasteiger partial charge is 0.394 e. The normalized spacial score (nSPS) is 32.0. The van der Waals surface area contributed by atoms with Crippen LogP contribution in [0.1, 0.15) is 201 Å². The summed E-state index contributed by atoms with van der Waals surface area (Å²) < 4.78 is 35.3. The molecule has 17 atom stereocenters. The Morgan fingerprint density at radius 2 is 0.944 bits per heavy atom. The molecule has 18 nitrogen and oxygen atoms in total. The van der Waals surface area contributed by atoms with Gasteiger partial charge in [-0.05, 0) is 26.2 Å². The third kappa shape index (κ3) is 23.4. The first-order valence-corrected chi connectivity index (χ1v) is 28.3. The zero-order chi connectivity index (χ0) is 52.7. The van der Waals surface area contributed by atoms with Crippen molar-refractivity contribution in [2.75, 3.05) is 19.8 Å². The molecule has 3 aliphatic rings. The standard InChI is InChI=1S/C54H101NO17/c1-4-6-8-10-12-14-16-18-19-21-23-25-27-29-31-33-42(59)55-38(39(58)32-30-28-26-24-22-20-17-15-13-11-9-7-5-2)36-67-52-49(66)51(72-53-47(64)45(62)43(60)37(3)68-53)50(41(35-57)70-52)71-54-48(65)46(63)44(61)40(34-56)69-54/h30,32,37-41,43-54,56-58,60-66H,4-29,31,33-36H2,1-3H3,(H,55,59)/b32-30+/t37-,38-,39+,40+,41+,43+,44+,45+,46-,47-,48-,49+,50+,51+,52+,53-,54-/m0/s1. The van der Waals surface area contributed by atoms with Crippen molar-refractivity contribution in [1.82, 2.24) is 5.32 Å². The molecule has 0 aliphatic carbocycles. The van der Waals surface area contributed by atoms with E-state index in [9.17, 15) is 55.9 Å². The van der Waals surface area contributed by atoms with Gasteiger partial charge in [0.1, 0.15) is 67.1 Å². The average Bonchev–Trinajstić information content (AvgIpc) is 3.37. The van der Waals surface area contributed by atoms with Crippen LogP contribution in [0.5, 0.6) is 0 Å². The molecule has 0 radical (unpaired) electrons. The van der Waals surface area contributed by atoms with E-state index in [0.29, 0.717) is 6.42 Å². The van der Waals surface area contributed by atoms with Gasteiger partial charge in [-0.2, -0.15) is 0 Å². The first kappa shape index (κ1) is 64.9. The maximum atomic E-state index is 13.4. The number of amides is 1. The average molecular weight is 1040 g/mol. The molecule has 1 amide bonds. The van der Waals surface area contributed by atoms with Gasteiger partial charge in [0.15, 0.2) is 18.9 Å². The summed E-state index contributed by atoms with van der Waals surface area (Å²) in [6, 6.07) is -1.01. The molecule has 0 spiro atoms. The molecule has 3 saturated heterocycles. The van der Waals surface area contributed by atoms with Gasteiger partial charge in [-0.3, -0.25) is 4.79 Å². The number of carbonyl (C=O) groups excluding carboxylic acids is 1. The number of aliphatic hydroxyl groups is 10. The number of rotatable bonds is 40. The molecule has 0 aromatic heterocycles. The molecule has 72 heavy (non-hydrogen) atoms. The summed E-state index contributed by atoms with van der Waals surface area (Å²) in [7, 11) is 0. The van der Waals surface area contributed by atoms with Crippen LogP contribution in [-0.4, -0.2) is 181 Å². The van der Waals surface area contributed by atoms with Gasteiger partial charge < -0.3 is 84.8 Å². The van der Waals surface area contributed by atoms with Crippen LogP contribution in [-0.2, 0) is 33.2 Å². The van der Waals surface area contributed by atoms with Gasteiger partial charge in [-0.1, -0.05) is 180 Å². The minimum Gasteiger partial charge on any atom is -0.394 e. The van der Waals surface area contributed by atoms with Crippen LogP contribution in [0.15, 0.2) is 12.2 Å². The number of hydrogen-bond donors (Lipinski definition) is 11. The van der Waals surface area contributed by atoms with Crippen LogP contribution in [0.4, 0.5) is 0 Å². The number of nitrogens with one attached hydrogen (secondary N) is 1. The number of hydrogen-bond acceptors (Lipinski definition) is 17. The molecule has 0 aromatic carbocycles. The Morgan fingerprint density at radius 3 is 1.44 bits per heavy atom. The summed E-state index contributed by atoms with van der Waals surface area (Å²) in [5.41, 5.74) is 0. The molecule has 3 heterocycles. The van der Waals surface area contributed by atoms with Crippen LogP contribution in [0.3, 0.4) is 0 Å². The molecule has 0 unspecified atom stereocenters. The Balaban J connectivity index is 1.65. The Labute approximate surface area is 431 Å². The van der Waals surface area contributed by atoms with E-state index >= 15 is 0 Å². The van der Waals surface area contributed by atoms with Crippen molar-refractivity contribution in [2.24, 2.45) is 0 Å². The minimum atomic E-state index is -1.90. The lowest BCUT2D eigenvalue weighted by Crippen LogP contribution is -2.67. The van der Waals surface area contributed by atoms with E-state index in [4.69, 9.17) is 28.4 Å². The maximum Gasteiger partial charge on any atom is 0.220 e. The van der Waals surface area contributed by atoms with Crippen molar-refractivity contribution in [3.63, 3.8) is 0 Å². The van der Waals surface area contributed by atoms with Crippen LogP contribution < -0.4 is 5.32 Å². The van der Waals surface area contributed by atoms with E-state index < -0.39 is 117 Å². The number of carbonyl (C=O) groups is 1. The fourth-order valence-corrected chi connectivity index (χ4v) is 9.77. The second-order valence-corrected chi connectivity index (χ2v) is 20.7. The summed E-state index contributed by atoms with van der Waals surface area (Å²) in [5, 5.41) is 110. The molecule has 0 aromatic rings. The highest BCUT2D eigenvalue weighted by atomic mass is 16.8. The lowest BCUT2D eigenvalue weighted by Gasteiger charge is -2.49. The highest BCUT2D eigenvalue weighted by molar-refractivity contribution is 5.76. The van der Waals surface area contributed by atoms with E-state index in [0.717, 1.165) is 44.9 Å². The van der Waals surface area contributed by atoms with E-state index in [1.807, 2.05) is 6.08 Å². The summed E-state index contributed by atoms with van der Waals surface area (Å²) in [6.45, 7) is 3.92. The third-order valence-corrected chi connectivity index (χ3v) is 14.5. The van der Waals surface area contributed by atoms with Gasteiger partial charge in [-0.25, -0.2) is 0 Å². The van der Waals surface area contributed by atoms with Crippen LogP contribution >= 0.6 is 0 Å². The molecule has 3 aliphatic heterocycles. The fourth-order valence-electron chi connectivity index (χ4n) is 9.77. The van der Waals surface area contributed by atoms with Crippen LogP contribution in [0.25, 0.3) is 0 Å². The predicted molar refractivity (Wildman–Crippen MR) is 271 cm³/mol. The molecule has 3 fully saturated rings. The third-order valence-electron chi connectivity index (χ3n) is 14.5. The molecule has 0 saturated carbocycles. The highest BCUT2D eigenvalue weighted by Crippen LogP contribution is 2.34. The molecule has 11 N–H and O–H groups in total. The number of unbranched alkanes of at least 4 members (excludes halogenated alkanes) is 25. The zero-order valence-electron chi connectivity index (χ0n) is 44.2. The smallest absolute Gasteiger partial charge is 0.220 e. The Bertz CT molecular complexity index is 1380. The maximum absolute atomic E-state index is 13.4. The van der Waals surface area contributed by atoms with Crippen molar-refractivity contribution >= 4 is 5.91 Å². The molecular formula is C54H101NO17. The highest BCUT2D eigenvalue weighted by Gasteiger charge is 2.54. The van der Waals surface area contributed by atoms with Crippen molar-refractivity contribution < 1.29 is 84.3 Å². The van der Waals surface area contributed by atoms with E-state index in [1.165, 1.54) is 129 Å². The Kier molecular flexibility index (Phi) is 34.4. The summed E-state index contributed by atoms with van der Waals surface area (Å²) in [6.07, 6.45) is 9.84. The van der Waals surface area contributed by atoms with Crippen molar-refractivity contribution in [3.05, 3.63) is 12.2 Å². The summed E-state index contributed by atoms with van der Waals surface area (Å²) >= 11 is 0. The van der Waals surface area contributed by atoms with E-state index in [2.05, 4.69) is 19.2 Å². The Hall–Kier alpha value is -1.43. The van der Waals surface area contributed by atoms with Gasteiger partial charge >= 0.3 is 0 Å². The van der Waals surface area contributed by atoms with Gasteiger partial charge in [0.25, 0.3) is 0 Å². The quantitative estimate of drug-likeness (QED) is 0.0289. The fraction of sp³-hybridized carbons (Fsp3) is 0.944. The first-order valence-electron chi connectivity index (χ1n) is 28.3. The van der Waals surface area contributed by atoms with Crippen molar-refractivity contribution in [1.29, 1.82) is 0 Å². The van der Waals surface area contributed by atoms with Crippen molar-refractivity contribution in [2.45, 2.75) is 305 Å². The molecule has 3 rings (SSSR count). The predicted octanol–water partition coefficient (Wildman–Crippen LogP) is 4.84. The minimum absolute atomic E-state index is 0.231. The lowest BCUT2D eigenvalue weighted by molar-refractivity contribution is -0.386. The van der Waals surface area contributed by atoms with Crippen LogP contribution in [0, 0.1) is 0 Å².